The van der Waals surface area contributed by atoms with E-state index in [1.165, 1.54) is 30.3 Å². The Morgan fingerprint density at radius 2 is 1.67 bits per heavy atom. The summed E-state index contributed by atoms with van der Waals surface area (Å²) in [6, 6.07) is 5.79. The number of carbonyl (C=O) groups is 2. The number of aliphatic hydroxyl groups is 4. The van der Waals surface area contributed by atoms with Crippen molar-refractivity contribution in [2.75, 3.05) is 6.61 Å². The summed E-state index contributed by atoms with van der Waals surface area (Å²) in [6.45, 7) is -0.858. The maximum absolute atomic E-state index is 11.5. The second kappa shape index (κ2) is 7.65. The van der Waals surface area contributed by atoms with E-state index in [1.54, 1.807) is 0 Å². The maximum Gasteiger partial charge on any atom is 0.233 e. The Balaban J connectivity index is 2.70. The zero-order valence-corrected chi connectivity index (χ0v) is 11.0. The van der Waals surface area contributed by atoms with Crippen molar-refractivity contribution in [3.8, 4) is 5.75 Å². The van der Waals surface area contributed by atoms with Crippen molar-refractivity contribution in [3.05, 3.63) is 35.9 Å². The van der Waals surface area contributed by atoms with Gasteiger partial charge in [0.2, 0.25) is 11.6 Å². The smallest absolute Gasteiger partial charge is 0.233 e. The van der Waals surface area contributed by atoms with Gasteiger partial charge in [-0.2, -0.15) is 0 Å². The number of ketones is 2. The Morgan fingerprint density at radius 3 is 2.19 bits per heavy atom. The fourth-order valence-electron chi connectivity index (χ4n) is 1.46. The number of hydrogen-bond acceptors (Lipinski definition) is 7. The van der Waals surface area contributed by atoms with Gasteiger partial charge >= 0.3 is 0 Å². The lowest BCUT2D eigenvalue weighted by Gasteiger charge is -2.19. The van der Waals surface area contributed by atoms with Crippen molar-refractivity contribution < 1.29 is 35.1 Å². The number of benzene rings is 1. The molecule has 0 spiro atoms. The fourth-order valence-corrected chi connectivity index (χ4v) is 1.46. The number of aromatic hydroxyl groups is 1. The minimum absolute atomic E-state index is 0.0473. The Labute approximate surface area is 120 Å². The highest BCUT2D eigenvalue weighted by molar-refractivity contribution is 6.43. The number of phenols is 1. The number of aliphatic hydroxyl groups excluding tert-OH is 4. The molecule has 7 heteroatoms. The van der Waals surface area contributed by atoms with Crippen LogP contribution < -0.4 is 0 Å². The van der Waals surface area contributed by atoms with Gasteiger partial charge in [-0.1, -0.05) is 18.2 Å². The topological polar surface area (TPSA) is 135 Å². The first kappa shape index (κ1) is 17.0. The molecule has 7 nitrogen and oxygen atoms in total. The molecule has 1 aromatic carbocycles. The average Bonchev–Trinajstić information content (AvgIpc) is 2.50. The van der Waals surface area contributed by atoms with Gasteiger partial charge in [-0.25, -0.2) is 0 Å². The average molecular weight is 296 g/mol. The van der Waals surface area contributed by atoms with E-state index in [0.29, 0.717) is 5.56 Å². The van der Waals surface area contributed by atoms with Crippen LogP contribution in [0.25, 0.3) is 6.08 Å². The van der Waals surface area contributed by atoms with Crippen molar-refractivity contribution in [1.82, 2.24) is 0 Å². The zero-order valence-electron chi connectivity index (χ0n) is 11.0. The molecule has 0 fully saturated rings. The summed E-state index contributed by atoms with van der Waals surface area (Å²) in [4.78, 5) is 23.1. The molecule has 0 radical (unpaired) electrons. The van der Waals surface area contributed by atoms with E-state index in [1.807, 2.05) is 0 Å². The minimum atomic E-state index is -2.12. The molecule has 0 aliphatic heterocycles. The summed E-state index contributed by atoms with van der Waals surface area (Å²) < 4.78 is 0. The highest BCUT2D eigenvalue weighted by Gasteiger charge is 2.32. The first-order chi connectivity index (χ1) is 9.86. The second-order valence-corrected chi connectivity index (χ2v) is 4.34. The number of phenolic OH excluding ortho intramolecular Hbond substituents is 1. The number of rotatable bonds is 7. The van der Waals surface area contributed by atoms with Crippen LogP contribution in [0.15, 0.2) is 30.3 Å². The summed E-state index contributed by atoms with van der Waals surface area (Å²) in [6.07, 6.45) is -3.60. The van der Waals surface area contributed by atoms with Crippen molar-refractivity contribution in [1.29, 1.82) is 0 Å². The van der Waals surface area contributed by atoms with Crippen LogP contribution in [0.3, 0.4) is 0 Å². The van der Waals surface area contributed by atoms with Gasteiger partial charge in [0, 0.05) is 0 Å². The predicted molar refractivity (Wildman–Crippen MR) is 72.3 cm³/mol. The van der Waals surface area contributed by atoms with Crippen molar-refractivity contribution in [2.45, 2.75) is 18.3 Å². The lowest BCUT2D eigenvalue weighted by atomic mass is 10.0. The molecule has 5 N–H and O–H groups in total. The molecule has 3 atom stereocenters. The maximum atomic E-state index is 11.5. The van der Waals surface area contributed by atoms with Crippen molar-refractivity contribution in [2.24, 2.45) is 0 Å². The first-order valence-electron chi connectivity index (χ1n) is 6.07. The van der Waals surface area contributed by atoms with Gasteiger partial charge in [0.05, 0.1) is 6.61 Å². The summed E-state index contributed by atoms with van der Waals surface area (Å²) in [5, 5.41) is 45.5. The molecule has 0 saturated heterocycles. The van der Waals surface area contributed by atoms with Crippen LogP contribution in [0.5, 0.6) is 5.75 Å². The predicted octanol–water partition coefficient (Wildman–Crippen LogP) is -1.38. The molecule has 0 saturated carbocycles. The highest BCUT2D eigenvalue weighted by atomic mass is 16.4. The van der Waals surface area contributed by atoms with Crippen LogP contribution in [-0.4, -0.2) is 62.0 Å². The van der Waals surface area contributed by atoms with E-state index >= 15 is 0 Å². The van der Waals surface area contributed by atoms with E-state index in [4.69, 9.17) is 15.3 Å². The molecular weight excluding hydrogens is 280 g/mol. The van der Waals surface area contributed by atoms with Gasteiger partial charge < -0.3 is 25.5 Å². The van der Waals surface area contributed by atoms with Gasteiger partial charge in [0.15, 0.2) is 0 Å². The van der Waals surface area contributed by atoms with Crippen LogP contribution >= 0.6 is 0 Å². The number of Topliss-reactive ketones (excluding diaryl/α,β-unsaturated/α-hetero) is 1. The molecule has 1 rings (SSSR count). The summed E-state index contributed by atoms with van der Waals surface area (Å²) in [5.41, 5.74) is 0.541. The van der Waals surface area contributed by atoms with Gasteiger partial charge in [-0.05, 0) is 23.8 Å². The van der Waals surface area contributed by atoms with Gasteiger partial charge in [-0.15, -0.1) is 0 Å². The van der Waals surface area contributed by atoms with Crippen LogP contribution in [0.2, 0.25) is 0 Å². The van der Waals surface area contributed by atoms with Crippen LogP contribution in [0.1, 0.15) is 5.56 Å². The second-order valence-electron chi connectivity index (χ2n) is 4.34. The SMILES string of the molecule is O=C(/C=C/c1ccc(O)cc1)C(=O)[C@H](O)[C@@H](O)[C@@H](O)CO. The Hall–Kier alpha value is -2.06. The minimum Gasteiger partial charge on any atom is -0.508 e. The molecule has 0 aromatic heterocycles. The third-order valence-electron chi connectivity index (χ3n) is 2.74. The van der Waals surface area contributed by atoms with Crippen LogP contribution in [0.4, 0.5) is 0 Å². The summed E-state index contributed by atoms with van der Waals surface area (Å²) in [5.74, 6) is -2.32. The highest BCUT2D eigenvalue weighted by Crippen LogP contribution is 2.11. The van der Waals surface area contributed by atoms with E-state index < -0.39 is 36.5 Å². The Morgan fingerprint density at radius 1 is 1.10 bits per heavy atom. The molecule has 0 bridgehead atoms. The molecule has 21 heavy (non-hydrogen) atoms. The third-order valence-corrected chi connectivity index (χ3v) is 2.74. The molecule has 0 aliphatic rings. The Kier molecular flexibility index (Phi) is 6.19. The molecule has 0 aliphatic carbocycles. The lowest BCUT2D eigenvalue weighted by molar-refractivity contribution is -0.147. The first-order valence-corrected chi connectivity index (χ1v) is 6.07. The molecule has 0 unspecified atom stereocenters. The van der Waals surface area contributed by atoms with Crippen molar-refractivity contribution >= 4 is 17.6 Å². The third kappa shape index (κ3) is 4.76. The van der Waals surface area contributed by atoms with Crippen LogP contribution in [-0.2, 0) is 9.59 Å². The van der Waals surface area contributed by atoms with E-state index in [-0.39, 0.29) is 5.75 Å². The summed E-state index contributed by atoms with van der Waals surface area (Å²) in [7, 11) is 0. The zero-order chi connectivity index (χ0) is 16.0. The van der Waals surface area contributed by atoms with E-state index in [0.717, 1.165) is 6.08 Å². The normalized spacial score (nSPS) is 15.6. The molecule has 114 valence electrons. The number of carbonyl (C=O) groups excluding carboxylic acids is 2. The van der Waals surface area contributed by atoms with Gasteiger partial charge in [-0.3, -0.25) is 9.59 Å². The molecule has 0 heterocycles. The fraction of sp³-hybridized carbons (Fsp3) is 0.286. The molecule has 1 aromatic rings. The molecule has 0 amide bonds. The molecular formula is C14H16O7. The number of hydrogen-bond donors (Lipinski definition) is 5. The van der Waals surface area contributed by atoms with Gasteiger partial charge in [0.25, 0.3) is 0 Å². The lowest BCUT2D eigenvalue weighted by Crippen LogP contribution is -2.45. The van der Waals surface area contributed by atoms with E-state index in [9.17, 15) is 19.8 Å². The van der Waals surface area contributed by atoms with Crippen LogP contribution in [0, 0.1) is 0 Å². The standard InChI is InChI=1S/C14H16O7/c15-7-11(18)13(20)14(21)12(19)10(17)6-3-8-1-4-9(16)5-2-8/h1-6,11,13-16,18,20-21H,7H2/b6-3+/t11-,13-,14-/m0/s1. The monoisotopic (exact) mass is 296 g/mol. The number of allylic oxidation sites excluding steroid dienone is 1. The Bertz CT molecular complexity index is 521. The largest absolute Gasteiger partial charge is 0.508 e. The quantitative estimate of drug-likeness (QED) is 0.309. The van der Waals surface area contributed by atoms with E-state index in [2.05, 4.69) is 0 Å². The summed E-state index contributed by atoms with van der Waals surface area (Å²) >= 11 is 0. The van der Waals surface area contributed by atoms with Gasteiger partial charge in [0.1, 0.15) is 24.1 Å². The van der Waals surface area contributed by atoms with Crippen molar-refractivity contribution in [3.63, 3.8) is 0 Å².